The van der Waals surface area contributed by atoms with Crippen molar-refractivity contribution in [3.63, 3.8) is 0 Å². The zero-order valence-corrected chi connectivity index (χ0v) is 13.8. The molecule has 0 saturated heterocycles. The zero-order valence-electron chi connectivity index (χ0n) is 13.0. The van der Waals surface area contributed by atoms with Crippen LogP contribution in [0.25, 0.3) is 0 Å². The van der Waals surface area contributed by atoms with Crippen LogP contribution in [0.15, 0.2) is 63.6 Å². The highest BCUT2D eigenvalue weighted by Crippen LogP contribution is 2.11. The van der Waals surface area contributed by atoms with Gasteiger partial charge in [-0.25, -0.2) is 4.79 Å². The Morgan fingerprint density at radius 1 is 1.16 bits per heavy atom. The molecule has 3 rings (SSSR count). The molecule has 0 aliphatic carbocycles. The average molecular weight is 351 g/mol. The summed E-state index contributed by atoms with van der Waals surface area (Å²) in [6, 6.07) is 12.2. The molecule has 0 atom stereocenters. The highest BCUT2D eigenvalue weighted by molar-refractivity contribution is 7.10. The van der Waals surface area contributed by atoms with E-state index in [4.69, 9.17) is 0 Å². The van der Waals surface area contributed by atoms with E-state index in [0.717, 1.165) is 15.0 Å². The molecule has 6 nitrogen and oxygen atoms in total. The van der Waals surface area contributed by atoms with Gasteiger partial charge in [0, 0.05) is 23.5 Å². The first-order chi connectivity index (χ1) is 12.1. The number of benzene rings is 1. The van der Waals surface area contributed by atoms with E-state index in [0.29, 0.717) is 5.69 Å². The van der Waals surface area contributed by atoms with Crippen LogP contribution in [0, 0.1) is 11.8 Å². The Balaban J connectivity index is 1.70. The van der Waals surface area contributed by atoms with Crippen LogP contribution in [0.2, 0.25) is 0 Å². The van der Waals surface area contributed by atoms with Gasteiger partial charge >= 0.3 is 5.69 Å². The fourth-order valence-electron chi connectivity index (χ4n) is 2.08. The van der Waals surface area contributed by atoms with Crippen LogP contribution < -0.4 is 16.6 Å². The summed E-state index contributed by atoms with van der Waals surface area (Å²) in [5.74, 6) is 5.71. The minimum absolute atomic E-state index is 0.194. The van der Waals surface area contributed by atoms with Crippen molar-refractivity contribution in [3.05, 3.63) is 85.3 Å². The molecule has 0 aliphatic rings. The predicted molar refractivity (Wildman–Crippen MR) is 96.7 cm³/mol. The van der Waals surface area contributed by atoms with Gasteiger partial charge < -0.3 is 5.32 Å². The molecular formula is C18H13N3O3S. The summed E-state index contributed by atoms with van der Waals surface area (Å²) >= 11 is 1.56. The average Bonchev–Trinajstić information content (AvgIpc) is 3.09. The molecule has 1 aromatic carbocycles. The van der Waals surface area contributed by atoms with Gasteiger partial charge in [0.2, 0.25) is 5.91 Å². The Labute approximate surface area is 146 Å². The lowest BCUT2D eigenvalue weighted by Gasteiger charge is -2.07. The zero-order chi connectivity index (χ0) is 17.6. The molecule has 1 amide bonds. The van der Waals surface area contributed by atoms with Crippen molar-refractivity contribution >= 4 is 22.9 Å². The number of aromatic nitrogens is 2. The van der Waals surface area contributed by atoms with Gasteiger partial charge in [-0.15, -0.1) is 11.3 Å². The number of hydrogen-bond donors (Lipinski definition) is 2. The molecule has 0 unspecified atom stereocenters. The Bertz CT molecular complexity index is 1070. The molecule has 2 aromatic heterocycles. The van der Waals surface area contributed by atoms with Crippen molar-refractivity contribution in [2.45, 2.75) is 6.54 Å². The Morgan fingerprint density at radius 2 is 2.04 bits per heavy atom. The lowest BCUT2D eigenvalue weighted by atomic mass is 10.2. The van der Waals surface area contributed by atoms with Crippen LogP contribution in [-0.4, -0.2) is 15.5 Å². The van der Waals surface area contributed by atoms with E-state index < -0.39 is 11.2 Å². The molecule has 3 aromatic rings. The lowest BCUT2D eigenvalue weighted by Crippen LogP contribution is -2.32. The van der Waals surface area contributed by atoms with Crippen LogP contribution in [0.1, 0.15) is 10.4 Å². The van der Waals surface area contributed by atoms with Crippen molar-refractivity contribution in [1.29, 1.82) is 0 Å². The van der Waals surface area contributed by atoms with Gasteiger partial charge in [0.15, 0.2) is 0 Å². The minimum Gasteiger partial charge on any atom is -0.324 e. The second kappa shape index (κ2) is 7.47. The number of nitrogens with one attached hydrogen (secondary N) is 2. The highest BCUT2D eigenvalue weighted by Gasteiger charge is 2.05. The van der Waals surface area contributed by atoms with E-state index in [2.05, 4.69) is 22.1 Å². The van der Waals surface area contributed by atoms with Gasteiger partial charge in [-0.2, -0.15) is 0 Å². The van der Waals surface area contributed by atoms with E-state index in [-0.39, 0.29) is 12.5 Å². The Kier molecular flexibility index (Phi) is 4.92. The monoisotopic (exact) mass is 351 g/mol. The molecule has 7 heteroatoms. The second-order valence-corrected chi connectivity index (χ2v) is 6.04. The molecule has 0 fully saturated rings. The van der Waals surface area contributed by atoms with Gasteiger partial charge in [0.25, 0.3) is 5.56 Å². The quantitative estimate of drug-likeness (QED) is 0.704. The number of rotatable bonds is 3. The maximum atomic E-state index is 12.1. The Morgan fingerprint density at radius 3 is 2.80 bits per heavy atom. The molecule has 0 bridgehead atoms. The third-order valence-electron chi connectivity index (χ3n) is 3.21. The molecular weight excluding hydrogens is 338 g/mol. The number of anilines is 1. The number of hydrogen-bond acceptors (Lipinski definition) is 4. The summed E-state index contributed by atoms with van der Waals surface area (Å²) in [5, 5.41) is 4.67. The molecule has 25 heavy (non-hydrogen) atoms. The van der Waals surface area contributed by atoms with Crippen LogP contribution in [-0.2, 0) is 11.3 Å². The molecule has 0 radical (unpaired) electrons. The number of thiophene rings is 1. The van der Waals surface area contributed by atoms with Crippen LogP contribution in [0.3, 0.4) is 0 Å². The second-order valence-electron chi connectivity index (χ2n) is 5.09. The van der Waals surface area contributed by atoms with E-state index in [9.17, 15) is 14.4 Å². The smallest absolute Gasteiger partial charge is 0.324 e. The fraction of sp³-hybridized carbons (Fsp3) is 0.0556. The number of aromatic amines is 1. The number of carbonyl (C=O) groups is 1. The molecule has 2 heterocycles. The number of amides is 1. The first kappa shape index (κ1) is 16.5. The van der Waals surface area contributed by atoms with Gasteiger partial charge in [0.05, 0.1) is 4.88 Å². The van der Waals surface area contributed by atoms with Crippen LogP contribution in [0.5, 0.6) is 0 Å². The maximum absolute atomic E-state index is 12.1. The molecule has 0 aliphatic heterocycles. The van der Waals surface area contributed by atoms with Gasteiger partial charge in [0.1, 0.15) is 6.54 Å². The largest absolute Gasteiger partial charge is 0.328 e. The van der Waals surface area contributed by atoms with E-state index in [1.807, 2.05) is 23.6 Å². The van der Waals surface area contributed by atoms with Gasteiger partial charge in [-0.3, -0.25) is 19.1 Å². The summed E-state index contributed by atoms with van der Waals surface area (Å²) < 4.78 is 1.12. The normalized spacial score (nSPS) is 9.92. The van der Waals surface area contributed by atoms with E-state index in [1.54, 1.807) is 29.5 Å². The van der Waals surface area contributed by atoms with Crippen molar-refractivity contribution in [1.82, 2.24) is 9.55 Å². The standard InChI is InChI=1S/C18H13N3O3S/c22-16-8-9-21(18(24)20-16)12-17(23)19-14-4-1-3-13(11-14)6-7-15-5-2-10-25-15/h1-5,8-11H,12H2,(H,19,23)(H,20,22,24). The summed E-state index contributed by atoms with van der Waals surface area (Å²) in [7, 11) is 0. The topological polar surface area (TPSA) is 84.0 Å². The summed E-state index contributed by atoms with van der Waals surface area (Å²) in [4.78, 5) is 37.8. The third-order valence-corrected chi connectivity index (χ3v) is 3.99. The van der Waals surface area contributed by atoms with Crippen LogP contribution >= 0.6 is 11.3 Å². The number of nitrogens with zero attached hydrogens (tertiary/aromatic N) is 1. The molecule has 0 spiro atoms. The fourth-order valence-corrected chi connectivity index (χ4v) is 2.65. The van der Waals surface area contributed by atoms with Crippen molar-refractivity contribution in [2.75, 3.05) is 5.32 Å². The number of H-pyrrole nitrogens is 1. The van der Waals surface area contributed by atoms with Gasteiger partial charge in [-0.1, -0.05) is 24.0 Å². The molecule has 0 saturated carbocycles. The maximum Gasteiger partial charge on any atom is 0.328 e. The summed E-state index contributed by atoms with van der Waals surface area (Å²) in [5.41, 5.74) is 0.227. The lowest BCUT2D eigenvalue weighted by molar-refractivity contribution is -0.116. The third kappa shape index (κ3) is 4.56. The molecule has 124 valence electrons. The summed E-state index contributed by atoms with van der Waals surface area (Å²) in [6.45, 7) is -0.194. The van der Waals surface area contributed by atoms with Gasteiger partial charge in [-0.05, 0) is 29.6 Å². The van der Waals surface area contributed by atoms with Crippen molar-refractivity contribution in [3.8, 4) is 11.8 Å². The SMILES string of the molecule is O=C(Cn1ccc(=O)[nH]c1=O)Nc1cccc(C#Cc2cccs2)c1. The highest BCUT2D eigenvalue weighted by atomic mass is 32.1. The first-order valence-corrected chi connectivity index (χ1v) is 8.23. The van der Waals surface area contributed by atoms with Crippen molar-refractivity contribution in [2.24, 2.45) is 0 Å². The minimum atomic E-state index is -0.627. The van der Waals surface area contributed by atoms with Crippen molar-refractivity contribution < 1.29 is 4.79 Å². The van der Waals surface area contributed by atoms with Crippen LogP contribution in [0.4, 0.5) is 5.69 Å². The Hall–Kier alpha value is -3.37. The summed E-state index contributed by atoms with van der Waals surface area (Å²) in [6.07, 6.45) is 1.28. The van der Waals surface area contributed by atoms with E-state index in [1.165, 1.54) is 12.3 Å². The predicted octanol–water partition coefficient (Wildman–Crippen LogP) is 1.64. The number of carbonyl (C=O) groups excluding carboxylic acids is 1. The van der Waals surface area contributed by atoms with E-state index >= 15 is 0 Å². The first-order valence-electron chi connectivity index (χ1n) is 7.35. The molecule has 2 N–H and O–H groups in total.